The van der Waals surface area contributed by atoms with Crippen molar-refractivity contribution < 1.29 is 22.4 Å². The van der Waals surface area contributed by atoms with Crippen LogP contribution in [0.15, 0.2) is 78.9 Å². The number of rotatable bonds is 12. The Balaban J connectivity index is 2.04. The highest BCUT2D eigenvalue weighted by molar-refractivity contribution is 7.92. The minimum atomic E-state index is -3.90. The topological polar surface area (TPSA) is 86.8 Å². The van der Waals surface area contributed by atoms with Gasteiger partial charge in [-0.05, 0) is 54.3 Å². The highest BCUT2D eigenvalue weighted by atomic mass is 32.2. The quantitative estimate of drug-likeness (QED) is 0.376. The van der Waals surface area contributed by atoms with Crippen molar-refractivity contribution in [3.05, 3.63) is 101 Å². The lowest BCUT2D eigenvalue weighted by Crippen LogP contribution is -2.53. The second-order valence-corrected chi connectivity index (χ2v) is 11.1. The molecule has 3 aromatic carbocycles. The Morgan fingerprint density at radius 1 is 0.947 bits per heavy atom. The van der Waals surface area contributed by atoms with E-state index in [4.69, 9.17) is 0 Å². The van der Waals surface area contributed by atoms with Crippen LogP contribution in [0.4, 0.5) is 10.1 Å². The number of anilines is 1. The van der Waals surface area contributed by atoms with E-state index < -0.39 is 34.3 Å². The Labute approximate surface area is 224 Å². The predicted molar refractivity (Wildman–Crippen MR) is 148 cm³/mol. The number of nitrogens with one attached hydrogen (secondary N) is 1. The summed E-state index contributed by atoms with van der Waals surface area (Å²) in [6, 6.07) is 20.9. The Hall–Kier alpha value is -3.72. The molecule has 0 radical (unpaired) electrons. The standard InChI is InChI=1S/C29H34FN3O4S/c1-4-18-31-29(35)27(19-23-11-6-5-7-12-23)32(20-24-13-9-8-10-22(24)2)28(34)21-33(38(3,36)37)26-16-14-25(30)15-17-26/h5-17,27H,4,18-21H2,1-3H3,(H,31,35)/t27-/m1/s1. The van der Waals surface area contributed by atoms with Gasteiger partial charge in [0.1, 0.15) is 18.4 Å². The van der Waals surface area contributed by atoms with Crippen molar-refractivity contribution in [2.75, 3.05) is 23.7 Å². The fraction of sp³-hybridized carbons (Fsp3) is 0.310. The molecular formula is C29H34FN3O4S. The van der Waals surface area contributed by atoms with Crippen LogP contribution in [0.2, 0.25) is 0 Å². The van der Waals surface area contributed by atoms with Crippen LogP contribution in [0.1, 0.15) is 30.0 Å². The number of halogens is 1. The number of hydrogen-bond donors (Lipinski definition) is 1. The summed E-state index contributed by atoms with van der Waals surface area (Å²) >= 11 is 0. The van der Waals surface area contributed by atoms with Crippen LogP contribution >= 0.6 is 0 Å². The lowest BCUT2D eigenvalue weighted by molar-refractivity contribution is -0.140. The van der Waals surface area contributed by atoms with Crippen molar-refractivity contribution in [3.8, 4) is 0 Å². The third-order valence-electron chi connectivity index (χ3n) is 6.22. The molecule has 0 fully saturated rings. The first-order valence-electron chi connectivity index (χ1n) is 12.5. The van der Waals surface area contributed by atoms with Gasteiger partial charge in [-0.15, -0.1) is 0 Å². The molecule has 9 heteroatoms. The Morgan fingerprint density at radius 3 is 2.18 bits per heavy atom. The zero-order valence-electron chi connectivity index (χ0n) is 21.9. The molecule has 38 heavy (non-hydrogen) atoms. The number of aryl methyl sites for hydroxylation is 1. The van der Waals surface area contributed by atoms with Crippen molar-refractivity contribution in [1.29, 1.82) is 0 Å². The molecule has 0 aliphatic carbocycles. The Morgan fingerprint density at radius 2 is 1.58 bits per heavy atom. The molecule has 0 aromatic heterocycles. The van der Waals surface area contributed by atoms with Gasteiger partial charge in [-0.25, -0.2) is 12.8 Å². The van der Waals surface area contributed by atoms with E-state index in [2.05, 4.69) is 5.32 Å². The molecule has 3 rings (SSSR count). The van der Waals surface area contributed by atoms with E-state index in [0.29, 0.717) is 6.54 Å². The molecule has 202 valence electrons. The second-order valence-electron chi connectivity index (χ2n) is 9.19. The number of nitrogens with zero attached hydrogens (tertiary/aromatic N) is 2. The maximum absolute atomic E-state index is 13.9. The fourth-order valence-corrected chi connectivity index (χ4v) is 4.96. The van der Waals surface area contributed by atoms with Gasteiger partial charge in [0.2, 0.25) is 21.8 Å². The Bertz CT molecular complexity index is 1330. The van der Waals surface area contributed by atoms with E-state index in [1.54, 1.807) is 0 Å². The average molecular weight is 540 g/mol. The third-order valence-corrected chi connectivity index (χ3v) is 7.36. The van der Waals surface area contributed by atoms with Crippen LogP contribution in [0.25, 0.3) is 0 Å². The molecule has 0 unspecified atom stereocenters. The van der Waals surface area contributed by atoms with E-state index in [1.165, 1.54) is 17.0 Å². The van der Waals surface area contributed by atoms with E-state index in [-0.39, 0.29) is 24.6 Å². The molecule has 3 aromatic rings. The lowest BCUT2D eigenvalue weighted by Gasteiger charge is -2.33. The molecular weight excluding hydrogens is 505 g/mol. The van der Waals surface area contributed by atoms with Gasteiger partial charge in [-0.3, -0.25) is 13.9 Å². The largest absolute Gasteiger partial charge is 0.354 e. The van der Waals surface area contributed by atoms with Crippen molar-refractivity contribution in [2.45, 2.75) is 39.3 Å². The second kappa shape index (κ2) is 13.2. The summed E-state index contributed by atoms with van der Waals surface area (Å²) < 4.78 is 39.9. The van der Waals surface area contributed by atoms with Gasteiger partial charge in [0, 0.05) is 19.5 Å². The van der Waals surface area contributed by atoms with Gasteiger partial charge in [0.25, 0.3) is 0 Å². The zero-order chi connectivity index (χ0) is 27.7. The lowest BCUT2D eigenvalue weighted by atomic mass is 10.0. The highest BCUT2D eigenvalue weighted by Gasteiger charge is 2.33. The third kappa shape index (κ3) is 7.89. The van der Waals surface area contributed by atoms with Gasteiger partial charge < -0.3 is 10.2 Å². The molecule has 2 amide bonds. The van der Waals surface area contributed by atoms with Crippen LogP contribution in [-0.2, 0) is 32.6 Å². The van der Waals surface area contributed by atoms with E-state index in [9.17, 15) is 22.4 Å². The van der Waals surface area contributed by atoms with Gasteiger partial charge in [0.15, 0.2) is 0 Å². The molecule has 0 aliphatic heterocycles. The minimum absolute atomic E-state index is 0.115. The average Bonchev–Trinajstić information content (AvgIpc) is 2.89. The normalized spacial score (nSPS) is 12.0. The first kappa shape index (κ1) is 28.8. The molecule has 0 saturated heterocycles. The van der Waals surface area contributed by atoms with Crippen LogP contribution < -0.4 is 9.62 Å². The van der Waals surface area contributed by atoms with Gasteiger partial charge in [-0.1, -0.05) is 61.5 Å². The number of benzene rings is 3. The number of carbonyl (C=O) groups is 2. The Kier molecular flexibility index (Phi) is 10.0. The first-order chi connectivity index (χ1) is 18.1. The summed E-state index contributed by atoms with van der Waals surface area (Å²) in [7, 11) is -3.90. The zero-order valence-corrected chi connectivity index (χ0v) is 22.7. The fourth-order valence-electron chi connectivity index (χ4n) is 4.11. The summed E-state index contributed by atoms with van der Waals surface area (Å²) in [5, 5.41) is 2.90. The summed E-state index contributed by atoms with van der Waals surface area (Å²) in [4.78, 5) is 28.8. The van der Waals surface area contributed by atoms with E-state index >= 15 is 0 Å². The van der Waals surface area contributed by atoms with E-state index in [0.717, 1.165) is 45.8 Å². The smallest absolute Gasteiger partial charge is 0.244 e. The van der Waals surface area contributed by atoms with Crippen LogP contribution in [-0.4, -0.2) is 50.5 Å². The molecule has 0 heterocycles. The minimum Gasteiger partial charge on any atom is -0.354 e. The van der Waals surface area contributed by atoms with Crippen molar-refractivity contribution in [3.63, 3.8) is 0 Å². The van der Waals surface area contributed by atoms with Crippen molar-refractivity contribution >= 4 is 27.5 Å². The molecule has 7 nitrogen and oxygen atoms in total. The molecule has 1 atom stereocenters. The maximum Gasteiger partial charge on any atom is 0.244 e. The molecule has 0 spiro atoms. The summed E-state index contributed by atoms with van der Waals surface area (Å²) in [5.41, 5.74) is 2.81. The van der Waals surface area contributed by atoms with Gasteiger partial charge >= 0.3 is 0 Å². The van der Waals surface area contributed by atoms with Crippen LogP contribution in [0, 0.1) is 12.7 Å². The predicted octanol–water partition coefficient (Wildman–Crippen LogP) is 4.07. The van der Waals surface area contributed by atoms with Crippen molar-refractivity contribution in [1.82, 2.24) is 10.2 Å². The van der Waals surface area contributed by atoms with E-state index in [1.807, 2.05) is 68.4 Å². The van der Waals surface area contributed by atoms with Gasteiger partial charge in [0.05, 0.1) is 11.9 Å². The highest BCUT2D eigenvalue weighted by Crippen LogP contribution is 2.21. The van der Waals surface area contributed by atoms with Gasteiger partial charge in [-0.2, -0.15) is 0 Å². The number of amides is 2. The number of hydrogen-bond acceptors (Lipinski definition) is 4. The van der Waals surface area contributed by atoms with Crippen LogP contribution in [0.3, 0.4) is 0 Å². The molecule has 1 N–H and O–H groups in total. The summed E-state index contributed by atoms with van der Waals surface area (Å²) in [6.45, 7) is 3.88. The van der Waals surface area contributed by atoms with Crippen molar-refractivity contribution in [2.24, 2.45) is 0 Å². The number of carbonyl (C=O) groups excluding carboxylic acids is 2. The monoisotopic (exact) mass is 539 g/mol. The number of sulfonamides is 1. The maximum atomic E-state index is 13.9. The molecule has 0 aliphatic rings. The summed E-state index contributed by atoms with van der Waals surface area (Å²) in [5.74, 6) is -1.38. The molecule has 0 saturated carbocycles. The molecule has 0 bridgehead atoms. The summed E-state index contributed by atoms with van der Waals surface area (Å²) in [6.07, 6.45) is 1.97. The SMILES string of the molecule is CCCNC(=O)[C@@H](Cc1ccccc1)N(Cc1ccccc1C)C(=O)CN(c1ccc(F)cc1)S(C)(=O)=O. The van der Waals surface area contributed by atoms with Crippen LogP contribution in [0.5, 0.6) is 0 Å². The first-order valence-corrected chi connectivity index (χ1v) is 14.3.